The molecule has 0 aromatic heterocycles. The molecule has 0 spiro atoms. The third-order valence-electron chi connectivity index (χ3n) is 4.76. The van der Waals surface area contributed by atoms with Gasteiger partial charge in [-0.3, -0.25) is 0 Å². The molecular weight excluding hydrogens is 283 g/mol. The lowest BCUT2D eigenvalue weighted by Gasteiger charge is -2.41. The summed E-state index contributed by atoms with van der Waals surface area (Å²) in [6.45, 7) is 3.02. The first-order valence-corrected chi connectivity index (χ1v) is 7.97. The molecule has 1 aromatic rings. The number of halogens is 1. The quantitative estimate of drug-likeness (QED) is 0.814. The average Bonchev–Trinajstić information content (AvgIpc) is 2.48. The lowest BCUT2D eigenvalue weighted by molar-refractivity contribution is 0.118. The van der Waals surface area contributed by atoms with Crippen LogP contribution < -0.4 is 5.32 Å². The normalized spacial score (nSPS) is 16.0. The highest BCUT2D eigenvalue weighted by molar-refractivity contribution is 5.74. The Hall–Kier alpha value is -1.62. The summed E-state index contributed by atoms with van der Waals surface area (Å²) in [7, 11) is 0. The molecule has 1 aliphatic rings. The third-order valence-corrected chi connectivity index (χ3v) is 4.76. The van der Waals surface area contributed by atoms with Gasteiger partial charge in [0.2, 0.25) is 0 Å². The van der Waals surface area contributed by atoms with E-state index in [1.165, 1.54) is 17.4 Å². The molecule has 0 aliphatic heterocycles. The Balaban J connectivity index is 1.95. The van der Waals surface area contributed by atoms with E-state index in [9.17, 15) is 9.18 Å². The number of rotatable bonds is 7. The van der Waals surface area contributed by atoms with Crippen molar-refractivity contribution in [3.8, 4) is 0 Å². The van der Waals surface area contributed by atoms with Crippen molar-refractivity contribution in [1.29, 1.82) is 0 Å². The molecule has 1 fully saturated rings. The SMILES string of the molecule is CCC1(CNC(=O)N(CCO)Cc2ccccc2F)CCC1. The molecule has 4 nitrogen and oxygen atoms in total. The van der Waals surface area contributed by atoms with Crippen LogP contribution in [0.5, 0.6) is 0 Å². The summed E-state index contributed by atoms with van der Waals surface area (Å²) in [5, 5.41) is 12.1. The maximum atomic E-state index is 13.7. The Morgan fingerprint density at radius 3 is 2.68 bits per heavy atom. The van der Waals surface area contributed by atoms with Gasteiger partial charge in [-0.2, -0.15) is 0 Å². The van der Waals surface area contributed by atoms with E-state index in [0.717, 1.165) is 19.3 Å². The predicted octanol–water partition coefficient (Wildman–Crippen LogP) is 2.91. The highest BCUT2D eigenvalue weighted by Gasteiger charge is 2.35. The monoisotopic (exact) mass is 308 g/mol. The zero-order valence-corrected chi connectivity index (χ0v) is 13.1. The summed E-state index contributed by atoms with van der Waals surface area (Å²) in [4.78, 5) is 13.8. The molecule has 0 bridgehead atoms. The first kappa shape index (κ1) is 16.7. The summed E-state index contributed by atoms with van der Waals surface area (Å²) in [5.41, 5.74) is 0.693. The number of nitrogens with zero attached hydrogens (tertiary/aromatic N) is 1. The van der Waals surface area contributed by atoms with E-state index < -0.39 is 0 Å². The van der Waals surface area contributed by atoms with E-state index in [4.69, 9.17) is 5.11 Å². The Bertz CT molecular complexity index is 498. The zero-order valence-electron chi connectivity index (χ0n) is 13.1. The van der Waals surface area contributed by atoms with Crippen molar-refractivity contribution < 1.29 is 14.3 Å². The van der Waals surface area contributed by atoms with Gasteiger partial charge in [0.15, 0.2) is 0 Å². The second-order valence-corrected chi connectivity index (χ2v) is 6.10. The van der Waals surface area contributed by atoms with E-state index in [0.29, 0.717) is 12.1 Å². The highest BCUT2D eigenvalue weighted by Crippen LogP contribution is 2.43. The highest BCUT2D eigenvalue weighted by atomic mass is 19.1. The fourth-order valence-corrected chi connectivity index (χ4v) is 2.91. The maximum Gasteiger partial charge on any atom is 0.317 e. The van der Waals surface area contributed by atoms with Crippen molar-refractivity contribution in [2.75, 3.05) is 19.7 Å². The van der Waals surface area contributed by atoms with E-state index in [2.05, 4.69) is 12.2 Å². The minimum Gasteiger partial charge on any atom is -0.395 e. The minimum atomic E-state index is -0.331. The third kappa shape index (κ3) is 3.97. The molecule has 0 saturated heterocycles. The molecular formula is C17H25FN2O2. The number of carbonyl (C=O) groups is 1. The van der Waals surface area contributed by atoms with Crippen LogP contribution in [0.15, 0.2) is 24.3 Å². The Kier molecular flexibility index (Phi) is 5.77. The zero-order chi connectivity index (χ0) is 16.0. The molecule has 2 N–H and O–H groups in total. The number of hydrogen-bond donors (Lipinski definition) is 2. The van der Waals surface area contributed by atoms with E-state index >= 15 is 0 Å². The molecule has 1 aliphatic carbocycles. The van der Waals surface area contributed by atoms with Crippen molar-refractivity contribution >= 4 is 6.03 Å². The number of aliphatic hydroxyl groups is 1. The van der Waals surface area contributed by atoms with Gasteiger partial charge in [0.1, 0.15) is 5.82 Å². The number of carbonyl (C=O) groups excluding carboxylic acids is 1. The van der Waals surface area contributed by atoms with Crippen LogP contribution in [0, 0.1) is 11.2 Å². The molecule has 0 atom stereocenters. The van der Waals surface area contributed by atoms with Crippen LogP contribution in [0.2, 0.25) is 0 Å². The predicted molar refractivity (Wildman–Crippen MR) is 83.9 cm³/mol. The van der Waals surface area contributed by atoms with Gasteiger partial charge in [-0.05, 0) is 30.7 Å². The summed E-state index contributed by atoms with van der Waals surface area (Å²) >= 11 is 0. The lowest BCUT2D eigenvalue weighted by atomic mass is 9.67. The van der Waals surface area contributed by atoms with Crippen LogP contribution in [-0.4, -0.2) is 35.7 Å². The van der Waals surface area contributed by atoms with Crippen LogP contribution in [0.4, 0.5) is 9.18 Å². The number of benzene rings is 1. The number of amides is 2. The van der Waals surface area contributed by atoms with Crippen LogP contribution in [0.25, 0.3) is 0 Å². The first-order chi connectivity index (χ1) is 10.6. The summed E-state index contributed by atoms with van der Waals surface area (Å²) in [6, 6.07) is 6.17. The van der Waals surface area contributed by atoms with Gasteiger partial charge in [-0.15, -0.1) is 0 Å². The van der Waals surface area contributed by atoms with E-state index in [1.54, 1.807) is 18.2 Å². The van der Waals surface area contributed by atoms with Crippen molar-refractivity contribution in [3.63, 3.8) is 0 Å². The van der Waals surface area contributed by atoms with Crippen LogP contribution in [0.1, 0.15) is 38.2 Å². The van der Waals surface area contributed by atoms with Gasteiger partial charge >= 0.3 is 6.03 Å². The summed E-state index contributed by atoms with van der Waals surface area (Å²) < 4.78 is 13.7. The summed E-state index contributed by atoms with van der Waals surface area (Å²) in [5.74, 6) is -0.331. The van der Waals surface area contributed by atoms with Crippen LogP contribution >= 0.6 is 0 Å². The fraction of sp³-hybridized carbons (Fsp3) is 0.588. The number of aliphatic hydroxyl groups excluding tert-OH is 1. The standard InChI is InChI=1S/C17H25FN2O2/c1-2-17(8-5-9-17)13-19-16(22)20(10-11-21)12-14-6-3-4-7-15(14)18/h3-4,6-7,21H,2,5,8-13H2,1H3,(H,19,22). The molecule has 2 rings (SSSR count). The Labute approximate surface area is 131 Å². The minimum absolute atomic E-state index is 0.138. The van der Waals surface area contributed by atoms with E-state index in [1.807, 2.05) is 0 Å². The van der Waals surface area contributed by atoms with Crippen molar-refractivity contribution in [2.45, 2.75) is 39.2 Å². The average molecular weight is 308 g/mol. The van der Waals surface area contributed by atoms with Crippen molar-refractivity contribution in [1.82, 2.24) is 10.2 Å². The molecule has 1 saturated carbocycles. The molecule has 0 heterocycles. The number of urea groups is 1. The fourth-order valence-electron chi connectivity index (χ4n) is 2.91. The van der Waals surface area contributed by atoms with Gasteiger partial charge in [0, 0.05) is 18.7 Å². The van der Waals surface area contributed by atoms with Crippen LogP contribution in [-0.2, 0) is 6.54 Å². The van der Waals surface area contributed by atoms with Gasteiger partial charge in [-0.25, -0.2) is 9.18 Å². The molecule has 122 valence electrons. The van der Waals surface area contributed by atoms with Gasteiger partial charge in [0.25, 0.3) is 0 Å². The lowest BCUT2D eigenvalue weighted by Crippen LogP contribution is -2.47. The van der Waals surface area contributed by atoms with Gasteiger partial charge in [-0.1, -0.05) is 31.5 Å². The Morgan fingerprint density at radius 2 is 2.14 bits per heavy atom. The molecule has 1 aromatic carbocycles. The van der Waals surface area contributed by atoms with Crippen molar-refractivity contribution in [3.05, 3.63) is 35.6 Å². The number of nitrogens with one attached hydrogen (secondary N) is 1. The molecule has 0 unspecified atom stereocenters. The molecule has 5 heteroatoms. The molecule has 22 heavy (non-hydrogen) atoms. The smallest absolute Gasteiger partial charge is 0.317 e. The Morgan fingerprint density at radius 1 is 1.41 bits per heavy atom. The van der Waals surface area contributed by atoms with Gasteiger partial charge in [0.05, 0.1) is 13.2 Å². The second-order valence-electron chi connectivity index (χ2n) is 6.10. The topological polar surface area (TPSA) is 52.6 Å². The summed E-state index contributed by atoms with van der Waals surface area (Å²) in [6.07, 6.45) is 4.58. The second kappa shape index (κ2) is 7.58. The van der Waals surface area contributed by atoms with Crippen LogP contribution in [0.3, 0.4) is 0 Å². The largest absolute Gasteiger partial charge is 0.395 e. The number of hydrogen-bond acceptors (Lipinski definition) is 2. The molecule has 0 radical (unpaired) electrons. The van der Waals surface area contributed by atoms with Gasteiger partial charge < -0.3 is 15.3 Å². The van der Waals surface area contributed by atoms with E-state index in [-0.39, 0.29) is 37.0 Å². The van der Waals surface area contributed by atoms with Crippen molar-refractivity contribution in [2.24, 2.45) is 5.41 Å². The molecule has 2 amide bonds. The first-order valence-electron chi connectivity index (χ1n) is 7.97. The maximum absolute atomic E-state index is 13.7.